The number of hydrogen-bond donors (Lipinski definition) is 1. The first kappa shape index (κ1) is 12.5. The molecular weight excluding hydrogens is 246 g/mol. The largest absolute Gasteiger partial charge is 0.344 e. The first-order valence-electron chi connectivity index (χ1n) is 5.58. The summed E-state index contributed by atoms with van der Waals surface area (Å²) in [5.41, 5.74) is 1.48. The number of Topliss-reactive ketones (excluding diaryl/α,β-unsaturated/α-hetero) is 1. The molecule has 0 atom stereocenters. The van der Waals surface area contributed by atoms with E-state index >= 15 is 0 Å². The van der Waals surface area contributed by atoms with Crippen LogP contribution in [0.25, 0.3) is 0 Å². The quantitative estimate of drug-likeness (QED) is 0.677. The minimum absolute atomic E-state index is 0.397. The Bertz CT molecular complexity index is 544. The molecule has 18 heavy (non-hydrogen) atoms. The van der Waals surface area contributed by atoms with Crippen LogP contribution in [0, 0.1) is 6.92 Å². The van der Waals surface area contributed by atoms with Crippen LogP contribution in [0.4, 0.5) is 0 Å². The number of rotatable bonds is 4. The van der Waals surface area contributed by atoms with Crippen molar-refractivity contribution >= 4 is 23.0 Å². The van der Waals surface area contributed by atoms with Crippen molar-refractivity contribution in [3.63, 3.8) is 0 Å². The minimum Gasteiger partial charge on any atom is -0.344 e. The summed E-state index contributed by atoms with van der Waals surface area (Å²) in [6.07, 6.45) is 0. The maximum absolute atomic E-state index is 11.8. The Hall–Kier alpha value is -1.94. The first-order valence-corrected chi connectivity index (χ1v) is 6.46. The van der Waals surface area contributed by atoms with E-state index in [1.165, 1.54) is 0 Å². The molecule has 2 aromatic rings. The number of thiophene rings is 1. The lowest BCUT2D eigenvalue weighted by Crippen LogP contribution is -2.30. The van der Waals surface area contributed by atoms with Gasteiger partial charge < -0.3 is 5.32 Å². The van der Waals surface area contributed by atoms with Crippen molar-refractivity contribution in [3.8, 4) is 0 Å². The number of amides is 1. The molecule has 0 bridgehead atoms. The fourth-order valence-electron chi connectivity index (χ4n) is 1.50. The standard InChI is InChI=1S/C14H13NO2S/c1-10-4-6-11(7-5-10)13(16)14(17)15-9-12-3-2-8-18-12/h2-8H,9H2,1H3,(H,15,17). The zero-order valence-electron chi connectivity index (χ0n) is 9.97. The van der Waals surface area contributed by atoms with Crippen LogP contribution in [-0.2, 0) is 11.3 Å². The van der Waals surface area contributed by atoms with Crippen molar-refractivity contribution in [2.45, 2.75) is 13.5 Å². The third kappa shape index (κ3) is 3.05. The van der Waals surface area contributed by atoms with Gasteiger partial charge in [0.05, 0.1) is 6.54 Å². The van der Waals surface area contributed by atoms with Gasteiger partial charge in [0, 0.05) is 10.4 Å². The van der Waals surface area contributed by atoms with E-state index in [2.05, 4.69) is 5.32 Å². The Balaban J connectivity index is 1.96. The number of hydrogen-bond acceptors (Lipinski definition) is 3. The smallest absolute Gasteiger partial charge is 0.292 e. The molecule has 0 unspecified atom stereocenters. The molecule has 1 N–H and O–H groups in total. The molecule has 1 heterocycles. The highest BCUT2D eigenvalue weighted by Crippen LogP contribution is 2.08. The summed E-state index contributed by atoms with van der Waals surface area (Å²) >= 11 is 1.55. The topological polar surface area (TPSA) is 46.2 Å². The van der Waals surface area contributed by atoms with Gasteiger partial charge in [-0.05, 0) is 18.4 Å². The molecule has 0 saturated carbocycles. The van der Waals surface area contributed by atoms with E-state index in [9.17, 15) is 9.59 Å². The van der Waals surface area contributed by atoms with Gasteiger partial charge in [-0.15, -0.1) is 11.3 Å². The second kappa shape index (κ2) is 5.60. The Kier molecular flexibility index (Phi) is 3.89. The average molecular weight is 259 g/mol. The van der Waals surface area contributed by atoms with E-state index in [-0.39, 0.29) is 0 Å². The summed E-state index contributed by atoms with van der Waals surface area (Å²) in [7, 11) is 0. The normalized spacial score (nSPS) is 10.1. The van der Waals surface area contributed by atoms with Gasteiger partial charge in [0.2, 0.25) is 5.78 Å². The molecule has 0 saturated heterocycles. The maximum Gasteiger partial charge on any atom is 0.292 e. The van der Waals surface area contributed by atoms with Gasteiger partial charge in [-0.25, -0.2) is 0 Å². The summed E-state index contributed by atoms with van der Waals surface area (Å²) in [5.74, 6) is -1.06. The van der Waals surface area contributed by atoms with Gasteiger partial charge in [0.25, 0.3) is 5.91 Å². The average Bonchev–Trinajstić information content (AvgIpc) is 2.89. The highest BCUT2D eigenvalue weighted by atomic mass is 32.1. The molecule has 92 valence electrons. The Labute approximate surface area is 109 Å². The van der Waals surface area contributed by atoms with Crippen LogP contribution in [0.1, 0.15) is 20.8 Å². The Morgan fingerprint density at radius 3 is 2.50 bits per heavy atom. The summed E-state index contributed by atoms with van der Waals surface area (Å²) in [6, 6.07) is 10.8. The number of nitrogens with one attached hydrogen (secondary N) is 1. The first-order chi connectivity index (χ1) is 8.66. The lowest BCUT2D eigenvalue weighted by atomic mass is 10.1. The predicted molar refractivity (Wildman–Crippen MR) is 71.7 cm³/mol. The van der Waals surface area contributed by atoms with Crippen LogP contribution >= 0.6 is 11.3 Å². The zero-order chi connectivity index (χ0) is 13.0. The molecule has 0 aliphatic carbocycles. The van der Waals surface area contributed by atoms with E-state index in [0.717, 1.165) is 10.4 Å². The summed E-state index contributed by atoms with van der Waals surface area (Å²) < 4.78 is 0. The molecule has 0 aliphatic heterocycles. The molecule has 3 nitrogen and oxygen atoms in total. The monoisotopic (exact) mass is 259 g/mol. The third-order valence-electron chi connectivity index (χ3n) is 2.52. The maximum atomic E-state index is 11.8. The van der Waals surface area contributed by atoms with E-state index in [0.29, 0.717) is 12.1 Å². The fraction of sp³-hybridized carbons (Fsp3) is 0.143. The van der Waals surface area contributed by atoms with Crippen LogP contribution in [0.5, 0.6) is 0 Å². The number of benzene rings is 1. The highest BCUT2D eigenvalue weighted by Gasteiger charge is 2.15. The molecule has 0 radical (unpaired) electrons. The lowest BCUT2D eigenvalue weighted by molar-refractivity contribution is -0.117. The van der Waals surface area contributed by atoms with Crippen LogP contribution in [-0.4, -0.2) is 11.7 Å². The number of ketones is 1. The molecule has 1 aromatic carbocycles. The second-order valence-electron chi connectivity index (χ2n) is 3.96. The van der Waals surface area contributed by atoms with Gasteiger partial charge in [-0.2, -0.15) is 0 Å². The van der Waals surface area contributed by atoms with Gasteiger partial charge in [0.1, 0.15) is 0 Å². The van der Waals surface area contributed by atoms with E-state index < -0.39 is 11.7 Å². The van der Waals surface area contributed by atoms with Crippen LogP contribution in [0.15, 0.2) is 41.8 Å². The lowest BCUT2D eigenvalue weighted by Gasteiger charge is -2.03. The number of carbonyl (C=O) groups excluding carboxylic acids is 2. The van der Waals surface area contributed by atoms with Crippen molar-refractivity contribution in [2.24, 2.45) is 0 Å². The molecule has 2 rings (SSSR count). The van der Waals surface area contributed by atoms with E-state index in [4.69, 9.17) is 0 Å². The van der Waals surface area contributed by atoms with Crippen LogP contribution < -0.4 is 5.32 Å². The van der Waals surface area contributed by atoms with Crippen molar-refractivity contribution in [3.05, 3.63) is 57.8 Å². The molecular formula is C14H13NO2S. The van der Waals surface area contributed by atoms with Crippen LogP contribution in [0.2, 0.25) is 0 Å². The van der Waals surface area contributed by atoms with E-state index in [1.807, 2.05) is 36.6 Å². The van der Waals surface area contributed by atoms with E-state index in [1.54, 1.807) is 23.5 Å². The Morgan fingerprint density at radius 1 is 1.17 bits per heavy atom. The second-order valence-corrected chi connectivity index (χ2v) is 4.99. The van der Waals surface area contributed by atoms with Gasteiger partial charge in [-0.1, -0.05) is 35.9 Å². The van der Waals surface area contributed by atoms with Gasteiger partial charge in [0.15, 0.2) is 0 Å². The van der Waals surface area contributed by atoms with Crippen molar-refractivity contribution in [1.82, 2.24) is 5.32 Å². The van der Waals surface area contributed by atoms with Crippen molar-refractivity contribution in [2.75, 3.05) is 0 Å². The third-order valence-corrected chi connectivity index (χ3v) is 3.40. The fourth-order valence-corrected chi connectivity index (χ4v) is 2.14. The predicted octanol–water partition coefficient (Wildman–Crippen LogP) is 2.56. The Morgan fingerprint density at radius 2 is 1.89 bits per heavy atom. The van der Waals surface area contributed by atoms with Crippen molar-refractivity contribution in [1.29, 1.82) is 0 Å². The zero-order valence-corrected chi connectivity index (χ0v) is 10.8. The molecule has 0 aliphatic rings. The summed E-state index contributed by atoms with van der Waals surface area (Å²) in [4.78, 5) is 24.5. The highest BCUT2D eigenvalue weighted by molar-refractivity contribution is 7.09. The SMILES string of the molecule is Cc1ccc(C(=O)C(=O)NCc2cccs2)cc1. The number of carbonyl (C=O) groups is 2. The summed E-state index contributed by atoms with van der Waals surface area (Å²) in [5, 5.41) is 4.55. The molecule has 1 amide bonds. The van der Waals surface area contributed by atoms with Crippen LogP contribution in [0.3, 0.4) is 0 Å². The molecule has 0 fully saturated rings. The van der Waals surface area contributed by atoms with Gasteiger partial charge >= 0.3 is 0 Å². The van der Waals surface area contributed by atoms with Crippen molar-refractivity contribution < 1.29 is 9.59 Å². The molecule has 0 spiro atoms. The molecule has 1 aromatic heterocycles. The number of aryl methyl sites for hydroxylation is 1. The summed E-state index contributed by atoms with van der Waals surface area (Å²) in [6.45, 7) is 2.33. The molecule has 4 heteroatoms. The van der Waals surface area contributed by atoms with Gasteiger partial charge in [-0.3, -0.25) is 9.59 Å². The minimum atomic E-state index is -0.563.